The molecular weight excluding hydrogens is 527 g/mol. The number of benzene rings is 3. The van der Waals surface area contributed by atoms with Crippen molar-refractivity contribution in [3.05, 3.63) is 110 Å². The number of amides is 1. The quantitative estimate of drug-likeness (QED) is 0.308. The molecule has 4 aromatic rings. The van der Waals surface area contributed by atoms with E-state index >= 15 is 0 Å². The van der Waals surface area contributed by atoms with Gasteiger partial charge >= 0.3 is 0 Å². The van der Waals surface area contributed by atoms with Crippen molar-refractivity contribution in [1.29, 1.82) is 5.26 Å². The van der Waals surface area contributed by atoms with Gasteiger partial charge in [-0.25, -0.2) is 0 Å². The van der Waals surface area contributed by atoms with Crippen molar-refractivity contribution in [3.8, 4) is 11.8 Å². The SMILES string of the molecule is Cc1cc(NC(=O)c2ccc(C#N)cc2)nn1Cc1cc(I)ccc1OCc1ccccc1. The fraction of sp³-hybridized carbons (Fsp3) is 0.115. The van der Waals surface area contributed by atoms with Crippen LogP contribution in [-0.4, -0.2) is 15.7 Å². The lowest BCUT2D eigenvalue weighted by Crippen LogP contribution is -2.13. The van der Waals surface area contributed by atoms with Gasteiger partial charge in [0.05, 0.1) is 18.2 Å². The predicted octanol–water partition coefficient (Wildman–Crippen LogP) is 5.55. The standard InChI is InChI=1S/C26H21IN4O2/c1-18-13-25(29-26(32)21-9-7-19(15-28)8-10-21)30-31(18)16-22-14-23(27)11-12-24(22)33-17-20-5-3-2-4-6-20/h2-14H,16-17H2,1H3,(H,29,30,32). The monoisotopic (exact) mass is 548 g/mol. The zero-order valence-corrected chi connectivity index (χ0v) is 20.1. The number of halogens is 1. The third-order valence-corrected chi connectivity index (χ3v) is 5.75. The predicted molar refractivity (Wildman–Crippen MR) is 135 cm³/mol. The zero-order chi connectivity index (χ0) is 23.2. The number of hydrogen-bond donors (Lipinski definition) is 1. The minimum atomic E-state index is -0.273. The summed E-state index contributed by atoms with van der Waals surface area (Å²) in [5, 5.41) is 16.3. The van der Waals surface area contributed by atoms with Gasteiger partial charge in [0.1, 0.15) is 12.4 Å². The Bertz CT molecular complexity index is 1310. The van der Waals surface area contributed by atoms with Crippen LogP contribution in [0.25, 0.3) is 0 Å². The van der Waals surface area contributed by atoms with Gasteiger partial charge in [-0.15, -0.1) is 0 Å². The van der Waals surface area contributed by atoms with Gasteiger partial charge in [-0.1, -0.05) is 30.3 Å². The minimum absolute atomic E-state index is 0.273. The summed E-state index contributed by atoms with van der Waals surface area (Å²) in [6.45, 7) is 2.95. The smallest absolute Gasteiger partial charge is 0.256 e. The first-order valence-electron chi connectivity index (χ1n) is 10.3. The third-order valence-electron chi connectivity index (χ3n) is 5.08. The number of carbonyl (C=O) groups is 1. The molecule has 0 unspecified atom stereocenters. The van der Waals surface area contributed by atoms with E-state index in [9.17, 15) is 4.79 Å². The maximum absolute atomic E-state index is 12.5. The molecule has 0 aliphatic rings. The Labute approximate surface area is 206 Å². The highest BCUT2D eigenvalue weighted by Crippen LogP contribution is 2.24. The van der Waals surface area contributed by atoms with Crippen LogP contribution >= 0.6 is 22.6 Å². The van der Waals surface area contributed by atoms with Crippen LogP contribution < -0.4 is 10.1 Å². The molecule has 1 amide bonds. The zero-order valence-electron chi connectivity index (χ0n) is 18.0. The lowest BCUT2D eigenvalue weighted by molar-refractivity contribution is 0.102. The molecule has 0 atom stereocenters. The van der Waals surface area contributed by atoms with Gasteiger partial charge in [0.2, 0.25) is 0 Å². The summed E-state index contributed by atoms with van der Waals surface area (Å²) in [7, 11) is 0. The van der Waals surface area contributed by atoms with Crippen LogP contribution in [0.4, 0.5) is 5.82 Å². The van der Waals surface area contributed by atoms with Crippen molar-refractivity contribution < 1.29 is 9.53 Å². The molecule has 1 heterocycles. The van der Waals surface area contributed by atoms with Gasteiger partial charge < -0.3 is 10.1 Å². The van der Waals surface area contributed by atoms with E-state index in [-0.39, 0.29) is 5.91 Å². The molecule has 0 spiro atoms. The molecule has 0 saturated carbocycles. The fourth-order valence-electron chi connectivity index (χ4n) is 3.32. The molecule has 0 radical (unpaired) electrons. The van der Waals surface area contributed by atoms with Gasteiger partial charge in [-0.2, -0.15) is 10.4 Å². The van der Waals surface area contributed by atoms with Crippen molar-refractivity contribution >= 4 is 34.3 Å². The van der Waals surface area contributed by atoms with E-state index in [2.05, 4.69) is 39.1 Å². The van der Waals surface area contributed by atoms with Crippen LogP contribution in [0.15, 0.2) is 78.9 Å². The number of rotatable bonds is 7. The van der Waals surface area contributed by atoms with Crippen molar-refractivity contribution in [2.24, 2.45) is 0 Å². The maximum Gasteiger partial charge on any atom is 0.256 e. The average Bonchev–Trinajstić information content (AvgIpc) is 3.17. The molecule has 3 aromatic carbocycles. The minimum Gasteiger partial charge on any atom is -0.489 e. The first-order chi connectivity index (χ1) is 16.0. The van der Waals surface area contributed by atoms with Crippen molar-refractivity contribution in [2.45, 2.75) is 20.1 Å². The molecule has 1 aromatic heterocycles. The Balaban J connectivity index is 1.48. The highest BCUT2D eigenvalue weighted by Gasteiger charge is 2.13. The summed E-state index contributed by atoms with van der Waals surface area (Å²) in [6.07, 6.45) is 0. The van der Waals surface area contributed by atoms with E-state index < -0.39 is 0 Å². The molecule has 0 fully saturated rings. The van der Waals surface area contributed by atoms with Crippen molar-refractivity contribution in [1.82, 2.24) is 9.78 Å². The summed E-state index contributed by atoms with van der Waals surface area (Å²) in [5.41, 5.74) is 4.00. The lowest BCUT2D eigenvalue weighted by atomic mass is 10.1. The summed E-state index contributed by atoms with van der Waals surface area (Å²) < 4.78 is 9.05. The number of nitriles is 1. The van der Waals surface area contributed by atoms with Gasteiger partial charge in [-0.3, -0.25) is 9.48 Å². The number of nitrogens with one attached hydrogen (secondary N) is 1. The molecular formula is C26H21IN4O2. The first kappa shape index (κ1) is 22.6. The molecule has 7 heteroatoms. The maximum atomic E-state index is 12.5. The molecule has 0 aliphatic carbocycles. The van der Waals surface area contributed by atoms with Gasteiger partial charge in [0.25, 0.3) is 5.91 Å². The van der Waals surface area contributed by atoms with E-state index in [1.54, 1.807) is 24.3 Å². The van der Waals surface area contributed by atoms with Crippen molar-refractivity contribution in [2.75, 3.05) is 5.32 Å². The molecule has 164 valence electrons. The molecule has 4 rings (SSSR count). The van der Waals surface area contributed by atoms with Crippen LogP contribution in [0.2, 0.25) is 0 Å². The number of aromatic nitrogens is 2. The number of hydrogen-bond acceptors (Lipinski definition) is 4. The second kappa shape index (κ2) is 10.3. The Morgan fingerprint density at radius 2 is 1.85 bits per heavy atom. The third kappa shape index (κ3) is 5.79. The van der Waals surface area contributed by atoms with Crippen LogP contribution in [0.5, 0.6) is 5.75 Å². The normalized spacial score (nSPS) is 10.5. The summed E-state index contributed by atoms with van der Waals surface area (Å²) in [5.74, 6) is 1.00. The molecule has 0 saturated heterocycles. The topological polar surface area (TPSA) is 79.9 Å². The van der Waals surface area contributed by atoms with Gasteiger partial charge in [0.15, 0.2) is 5.82 Å². The van der Waals surface area contributed by atoms with Crippen LogP contribution in [-0.2, 0) is 13.2 Å². The van der Waals surface area contributed by atoms with E-state index in [1.165, 1.54) is 0 Å². The van der Waals surface area contributed by atoms with Gasteiger partial charge in [-0.05, 0) is 77.5 Å². The van der Waals surface area contributed by atoms with Crippen molar-refractivity contribution in [3.63, 3.8) is 0 Å². The number of ether oxygens (including phenoxy) is 1. The van der Waals surface area contributed by atoms with Gasteiger partial charge in [0, 0.05) is 26.5 Å². The number of nitrogens with zero attached hydrogens (tertiary/aromatic N) is 3. The van der Waals surface area contributed by atoms with E-state index in [4.69, 9.17) is 10.00 Å². The molecule has 6 nitrogen and oxygen atoms in total. The highest BCUT2D eigenvalue weighted by molar-refractivity contribution is 14.1. The number of carbonyl (C=O) groups excluding carboxylic acids is 1. The Morgan fingerprint density at radius 1 is 1.09 bits per heavy atom. The molecule has 0 aliphatic heterocycles. The Morgan fingerprint density at radius 3 is 2.58 bits per heavy atom. The molecule has 1 N–H and O–H groups in total. The average molecular weight is 548 g/mol. The number of aryl methyl sites for hydroxylation is 1. The Kier molecular flexibility index (Phi) is 7.05. The molecule has 0 bridgehead atoms. The van der Waals surface area contributed by atoms with E-state index in [0.29, 0.717) is 30.1 Å². The first-order valence-corrected chi connectivity index (χ1v) is 11.4. The second-order valence-electron chi connectivity index (χ2n) is 7.50. The van der Waals surface area contributed by atoms with Crippen LogP contribution in [0, 0.1) is 21.8 Å². The highest BCUT2D eigenvalue weighted by atomic mass is 127. The van der Waals surface area contributed by atoms with Crippen LogP contribution in [0.1, 0.15) is 32.7 Å². The Hall–Kier alpha value is -3.64. The summed E-state index contributed by atoms with van der Waals surface area (Å²) >= 11 is 2.28. The summed E-state index contributed by atoms with van der Waals surface area (Å²) in [4.78, 5) is 12.5. The molecule has 33 heavy (non-hydrogen) atoms. The number of anilines is 1. The second-order valence-corrected chi connectivity index (χ2v) is 8.74. The lowest BCUT2D eigenvalue weighted by Gasteiger charge is -2.13. The van der Waals surface area contributed by atoms with E-state index in [1.807, 2.05) is 66.2 Å². The van der Waals surface area contributed by atoms with E-state index in [0.717, 1.165) is 26.1 Å². The summed E-state index contributed by atoms with van der Waals surface area (Å²) in [6, 6.07) is 26.5. The largest absolute Gasteiger partial charge is 0.489 e. The van der Waals surface area contributed by atoms with Crippen LogP contribution in [0.3, 0.4) is 0 Å². The fourth-order valence-corrected chi connectivity index (χ4v) is 3.88.